The first-order valence-corrected chi connectivity index (χ1v) is 14.4. The number of benzene rings is 1. The SMILES string of the molecule is C=C(Nc1cncc(-c2cc(Cc3cc4c(-c5cc(F)cc(NCCN(C)C)c5)cncc4[nH]3)c(NC)cn2)c1)C(C)C. The summed E-state index contributed by atoms with van der Waals surface area (Å²) in [4.78, 5) is 19.2. The van der Waals surface area contributed by atoms with Gasteiger partial charge in [-0.3, -0.25) is 15.0 Å². The maximum absolute atomic E-state index is 14.7. The maximum atomic E-state index is 14.7. The number of halogens is 1. The molecule has 5 aromatic rings. The molecule has 0 aliphatic carbocycles. The molecule has 0 aliphatic heterocycles. The summed E-state index contributed by atoms with van der Waals surface area (Å²) in [6.45, 7) is 9.88. The van der Waals surface area contributed by atoms with E-state index in [1.165, 1.54) is 6.07 Å². The van der Waals surface area contributed by atoms with Gasteiger partial charge in [-0.2, -0.15) is 0 Å². The summed E-state index contributed by atoms with van der Waals surface area (Å²) in [5, 5.41) is 10.9. The molecule has 0 unspecified atom stereocenters. The zero-order valence-corrected chi connectivity index (χ0v) is 25.4. The second-order valence-corrected chi connectivity index (χ2v) is 11.3. The lowest BCUT2D eigenvalue weighted by Crippen LogP contribution is -2.20. The first kappa shape index (κ1) is 29.7. The Morgan fingerprint density at radius 2 is 1.74 bits per heavy atom. The molecule has 1 aromatic carbocycles. The molecule has 0 saturated heterocycles. The Bertz CT molecular complexity index is 1740. The minimum Gasteiger partial charge on any atom is -0.387 e. The van der Waals surface area contributed by atoms with Crippen LogP contribution in [0.2, 0.25) is 0 Å². The van der Waals surface area contributed by atoms with Crippen LogP contribution in [0, 0.1) is 11.7 Å². The van der Waals surface area contributed by atoms with Crippen molar-refractivity contribution in [2.75, 3.05) is 50.2 Å². The van der Waals surface area contributed by atoms with E-state index in [0.717, 1.165) is 80.4 Å². The lowest BCUT2D eigenvalue weighted by molar-refractivity contribution is 0.425. The molecule has 0 radical (unpaired) electrons. The molecule has 0 saturated carbocycles. The molecule has 0 amide bonds. The zero-order valence-electron chi connectivity index (χ0n) is 25.4. The van der Waals surface area contributed by atoms with Crippen molar-refractivity contribution in [2.45, 2.75) is 20.3 Å². The molecule has 4 aromatic heterocycles. The van der Waals surface area contributed by atoms with E-state index in [2.05, 4.69) is 68.4 Å². The number of aromatic nitrogens is 4. The van der Waals surface area contributed by atoms with Gasteiger partial charge in [0.25, 0.3) is 0 Å². The first-order chi connectivity index (χ1) is 20.7. The number of aromatic amines is 1. The number of hydrogen-bond acceptors (Lipinski definition) is 7. The Hall–Kier alpha value is -4.76. The van der Waals surface area contributed by atoms with Gasteiger partial charge in [0.05, 0.1) is 41.2 Å². The van der Waals surface area contributed by atoms with Gasteiger partial charge in [0.15, 0.2) is 0 Å². The van der Waals surface area contributed by atoms with Crippen LogP contribution in [0.1, 0.15) is 25.1 Å². The molecule has 0 bridgehead atoms. The lowest BCUT2D eigenvalue weighted by Gasteiger charge is -2.14. The first-order valence-electron chi connectivity index (χ1n) is 14.4. The number of anilines is 3. The fourth-order valence-corrected chi connectivity index (χ4v) is 4.91. The zero-order chi connectivity index (χ0) is 30.5. The summed E-state index contributed by atoms with van der Waals surface area (Å²) in [6.07, 6.45) is 9.70. The molecule has 0 spiro atoms. The van der Waals surface area contributed by atoms with E-state index in [4.69, 9.17) is 4.98 Å². The van der Waals surface area contributed by atoms with Gasteiger partial charge in [-0.25, -0.2) is 4.39 Å². The van der Waals surface area contributed by atoms with Crippen molar-refractivity contribution < 1.29 is 4.39 Å². The van der Waals surface area contributed by atoms with Gasteiger partial charge in [0.2, 0.25) is 0 Å². The summed E-state index contributed by atoms with van der Waals surface area (Å²) >= 11 is 0. The summed E-state index contributed by atoms with van der Waals surface area (Å²) in [7, 11) is 5.92. The predicted molar refractivity (Wildman–Crippen MR) is 176 cm³/mol. The number of H-pyrrole nitrogens is 1. The number of nitrogens with one attached hydrogen (secondary N) is 4. The maximum Gasteiger partial charge on any atom is 0.125 e. The highest BCUT2D eigenvalue weighted by molar-refractivity contribution is 5.95. The van der Waals surface area contributed by atoms with E-state index in [1.807, 2.05) is 51.9 Å². The summed E-state index contributed by atoms with van der Waals surface area (Å²) in [6, 6.07) is 11.3. The minimum atomic E-state index is -0.289. The third kappa shape index (κ3) is 7.18. The topological polar surface area (TPSA) is 93.8 Å². The van der Waals surface area contributed by atoms with E-state index in [9.17, 15) is 4.39 Å². The molecule has 43 heavy (non-hydrogen) atoms. The highest BCUT2D eigenvalue weighted by atomic mass is 19.1. The number of nitrogens with zero attached hydrogens (tertiary/aromatic N) is 4. The van der Waals surface area contributed by atoms with Gasteiger partial charge in [-0.15, -0.1) is 0 Å². The van der Waals surface area contributed by atoms with Gasteiger partial charge in [0.1, 0.15) is 5.82 Å². The standard InChI is InChI=1S/C34H39FN8/c1-21(2)22(3)41-29-12-25(16-37-17-29)32-13-24(33(36-4)20-40-32)11-28-15-30-31(18-38-19-34(30)42-28)23-9-26(35)14-27(10-23)39-7-8-43(5)6/h9-10,12-21,36,39,41-42H,3,7-8,11H2,1-2,4-6H3. The molecule has 0 fully saturated rings. The van der Waals surface area contributed by atoms with Gasteiger partial charge in [0, 0.05) is 72.5 Å². The lowest BCUT2D eigenvalue weighted by atomic mass is 10.0. The fraction of sp³-hybridized carbons (Fsp3) is 0.265. The summed E-state index contributed by atoms with van der Waals surface area (Å²) < 4.78 is 14.7. The van der Waals surface area contributed by atoms with Crippen LogP contribution in [0.15, 0.2) is 79.7 Å². The minimum absolute atomic E-state index is 0.289. The van der Waals surface area contributed by atoms with Crippen molar-refractivity contribution in [2.24, 2.45) is 5.92 Å². The van der Waals surface area contributed by atoms with Crippen molar-refractivity contribution in [1.29, 1.82) is 0 Å². The molecule has 9 heteroatoms. The van der Waals surface area contributed by atoms with Gasteiger partial charge in [-0.1, -0.05) is 20.4 Å². The fourth-order valence-electron chi connectivity index (χ4n) is 4.91. The van der Waals surface area contributed by atoms with E-state index in [0.29, 0.717) is 12.3 Å². The Balaban J connectivity index is 1.44. The molecule has 4 heterocycles. The Labute approximate surface area is 252 Å². The largest absolute Gasteiger partial charge is 0.387 e. The Morgan fingerprint density at radius 3 is 2.51 bits per heavy atom. The molecule has 0 atom stereocenters. The molecule has 4 N–H and O–H groups in total. The van der Waals surface area contributed by atoms with Crippen molar-refractivity contribution in [1.82, 2.24) is 24.8 Å². The van der Waals surface area contributed by atoms with Crippen LogP contribution in [0.25, 0.3) is 33.3 Å². The second kappa shape index (κ2) is 13.0. The van der Waals surface area contributed by atoms with Crippen LogP contribution in [0.3, 0.4) is 0 Å². The molecular weight excluding hydrogens is 539 g/mol. The highest BCUT2D eigenvalue weighted by Crippen LogP contribution is 2.32. The number of fused-ring (bicyclic) bond motifs is 1. The monoisotopic (exact) mass is 578 g/mol. The van der Waals surface area contributed by atoms with Crippen LogP contribution in [-0.4, -0.2) is 59.1 Å². The number of likely N-dealkylation sites (N-methyl/N-ethyl adjacent to an activating group) is 1. The molecule has 222 valence electrons. The smallest absolute Gasteiger partial charge is 0.125 e. The van der Waals surface area contributed by atoms with Crippen LogP contribution in [-0.2, 0) is 6.42 Å². The van der Waals surface area contributed by atoms with Crippen molar-refractivity contribution in [3.63, 3.8) is 0 Å². The average molecular weight is 579 g/mol. The summed E-state index contributed by atoms with van der Waals surface area (Å²) in [5.74, 6) is 0.0194. The third-order valence-corrected chi connectivity index (χ3v) is 7.37. The number of hydrogen-bond donors (Lipinski definition) is 4. The molecule has 0 aliphatic rings. The van der Waals surface area contributed by atoms with Gasteiger partial charge >= 0.3 is 0 Å². The van der Waals surface area contributed by atoms with E-state index >= 15 is 0 Å². The van der Waals surface area contributed by atoms with Crippen molar-refractivity contribution in [3.05, 3.63) is 96.7 Å². The number of allylic oxidation sites excluding steroid dienone is 1. The number of rotatable bonds is 12. The Kier molecular flexibility index (Phi) is 9.01. The van der Waals surface area contributed by atoms with Crippen molar-refractivity contribution in [3.8, 4) is 22.4 Å². The average Bonchev–Trinajstić information content (AvgIpc) is 3.39. The van der Waals surface area contributed by atoms with Crippen molar-refractivity contribution >= 4 is 28.0 Å². The van der Waals surface area contributed by atoms with Gasteiger partial charge < -0.3 is 25.8 Å². The Morgan fingerprint density at radius 1 is 0.953 bits per heavy atom. The van der Waals surface area contributed by atoms with Crippen LogP contribution >= 0.6 is 0 Å². The molecule has 5 rings (SSSR count). The van der Waals surface area contributed by atoms with E-state index < -0.39 is 0 Å². The summed E-state index contributed by atoms with van der Waals surface area (Å²) in [5.41, 5.74) is 9.87. The van der Waals surface area contributed by atoms with E-state index in [1.54, 1.807) is 18.5 Å². The third-order valence-electron chi connectivity index (χ3n) is 7.37. The van der Waals surface area contributed by atoms with Crippen LogP contribution < -0.4 is 16.0 Å². The second-order valence-electron chi connectivity index (χ2n) is 11.3. The quantitative estimate of drug-likeness (QED) is 0.126. The molecule has 8 nitrogen and oxygen atoms in total. The predicted octanol–water partition coefficient (Wildman–Crippen LogP) is 7.01. The van der Waals surface area contributed by atoms with Gasteiger partial charge in [-0.05, 0) is 67.5 Å². The molecular formula is C34H39FN8. The van der Waals surface area contributed by atoms with Crippen LogP contribution in [0.5, 0.6) is 0 Å². The normalized spacial score (nSPS) is 11.3. The van der Waals surface area contributed by atoms with Crippen LogP contribution in [0.4, 0.5) is 21.5 Å². The number of pyridine rings is 3. The van der Waals surface area contributed by atoms with E-state index in [-0.39, 0.29) is 5.82 Å². The highest BCUT2D eigenvalue weighted by Gasteiger charge is 2.14.